The number of hydrogen-bond acceptors (Lipinski definition) is 5. The molecule has 24 heavy (non-hydrogen) atoms. The third-order valence-electron chi connectivity index (χ3n) is 4.39. The lowest BCUT2D eigenvalue weighted by Crippen LogP contribution is -2.46. The quantitative estimate of drug-likeness (QED) is 0.675. The number of rotatable bonds is 4. The van der Waals surface area contributed by atoms with E-state index in [4.69, 9.17) is 5.26 Å². The predicted molar refractivity (Wildman–Crippen MR) is 90.8 cm³/mol. The Morgan fingerprint density at radius 3 is 2.54 bits per heavy atom. The lowest BCUT2D eigenvalue weighted by molar-refractivity contribution is -0.385. The average molecular weight is 330 g/mol. The Kier molecular flexibility index (Phi) is 5.39. The van der Waals surface area contributed by atoms with Gasteiger partial charge in [-0.3, -0.25) is 14.9 Å². The summed E-state index contributed by atoms with van der Waals surface area (Å²) in [5.74, 6) is 0.00646. The van der Waals surface area contributed by atoms with E-state index in [1.54, 1.807) is 13.0 Å². The van der Waals surface area contributed by atoms with Gasteiger partial charge in [0.2, 0.25) is 5.91 Å². The Hall–Kier alpha value is -2.62. The minimum absolute atomic E-state index is 0.0284. The van der Waals surface area contributed by atoms with Crippen LogP contribution in [0.4, 0.5) is 11.4 Å². The molecular formula is C17H22N4O3. The first-order chi connectivity index (χ1) is 11.3. The minimum atomic E-state index is -0.449. The number of piperidine rings is 1. The van der Waals surface area contributed by atoms with E-state index < -0.39 is 4.92 Å². The number of nitro benzene ring substituents is 1. The monoisotopic (exact) mass is 330 g/mol. The fraction of sp³-hybridized carbons (Fsp3) is 0.529. The molecule has 0 unspecified atom stereocenters. The zero-order valence-corrected chi connectivity index (χ0v) is 14.2. The van der Waals surface area contributed by atoms with Crippen LogP contribution in [0.15, 0.2) is 12.1 Å². The van der Waals surface area contributed by atoms with E-state index in [2.05, 4.69) is 10.2 Å². The van der Waals surface area contributed by atoms with E-state index >= 15 is 0 Å². The van der Waals surface area contributed by atoms with Crippen molar-refractivity contribution in [3.8, 4) is 6.07 Å². The number of carbonyl (C=O) groups excluding carboxylic acids is 1. The Balaban J connectivity index is 2.14. The molecule has 0 aromatic heterocycles. The summed E-state index contributed by atoms with van der Waals surface area (Å²) in [5, 5.41) is 23.3. The fourth-order valence-corrected chi connectivity index (χ4v) is 2.90. The summed E-state index contributed by atoms with van der Waals surface area (Å²) in [4.78, 5) is 24.6. The number of anilines is 1. The van der Waals surface area contributed by atoms with Gasteiger partial charge in [-0.05, 0) is 25.8 Å². The second-order valence-electron chi connectivity index (χ2n) is 6.43. The highest BCUT2D eigenvalue weighted by atomic mass is 16.6. The van der Waals surface area contributed by atoms with Gasteiger partial charge in [0.25, 0.3) is 5.69 Å². The van der Waals surface area contributed by atoms with Crippen LogP contribution in [0.2, 0.25) is 0 Å². The Bertz CT molecular complexity index is 686. The maximum Gasteiger partial charge on any atom is 0.275 e. The summed E-state index contributed by atoms with van der Waals surface area (Å²) in [7, 11) is 0. The van der Waals surface area contributed by atoms with Crippen LogP contribution in [0.25, 0.3) is 0 Å². The van der Waals surface area contributed by atoms with Crippen molar-refractivity contribution < 1.29 is 9.72 Å². The summed E-state index contributed by atoms with van der Waals surface area (Å²) in [5.41, 5.74) is 1.56. The molecule has 2 rings (SSSR count). The molecule has 0 bridgehead atoms. The molecule has 1 saturated heterocycles. The van der Waals surface area contributed by atoms with Crippen LogP contribution in [-0.2, 0) is 4.79 Å². The summed E-state index contributed by atoms with van der Waals surface area (Å²) in [6.45, 7) is 6.81. The number of carbonyl (C=O) groups is 1. The molecule has 0 spiro atoms. The second-order valence-corrected chi connectivity index (χ2v) is 6.43. The van der Waals surface area contributed by atoms with Crippen LogP contribution in [-0.4, -0.2) is 30.0 Å². The van der Waals surface area contributed by atoms with Gasteiger partial charge >= 0.3 is 0 Å². The van der Waals surface area contributed by atoms with E-state index in [0.717, 1.165) is 18.5 Å². The Morgan fingerprint density at radius 2 is 2.04 bits per heavy atom. The first kappa shape index (κ1) is 17.7. The van der Waals surface area contributed by atoms with E-state index in [1.807, 2.05) is 19.9 Å². The van der Waals surface area contributed by atoms with Crippen molar-refractivity contribution in [2.45, 2.75) is 39.7 Å². The predicted octanol–water partition coefficient (Wildman–Crippen LogP) is 2.52. The number of amides is 1. The first-order valence-electron chi connectivity index (χ1n) is 8.08. The van der Waals surface area contributed by atoms with Gasteiger partial charge in [0.15, 0.2) is 0 Å². The van der Waals surface area contributed by atoms with Crippen molar-refractivity contribution in [2.24, 2.45) is 5.92 Å². The molecule has 0 aliphatic carbocycles. The molecule has 0 radical (unpaired) electrons. The largest absolute Gasteiger partial charge is 0.371 e. The number of nitriles is 1. The maximum absolute atomic E-state index is 11.8. The van der Waals surface area contributed by atoms with Crippen LogP contribution in [0.3, 0.4) is 0 Å². The van der Waals surface area contributed by atoms with Gasteiger partial charge in [-0.2, -0.15) is 5.26 Å². The van der Waals surface area contributed by atoms with Crippen molar-refractivity contribution in [1.82, 2.24) is 5.32 Å². The summed E-state index contributed by atoms with van der Waals surface area (Å²) >= 11 is 0. The van der Waals surface area contributed by atoms with Crippen LogP contribution in [0, 0.1) is 34.3 Å². The van der Waals surface area contributed by atoms with Crippen LogP contribution in [0.1, 0.15) is 37.8 Å². The summed E-state index contributed by atoms with van der Waals surface area (Å²) in [6, 6.07) is 5.14. The van der Waals surface area contributed by atoms with Crippen molar-refractivity contribution in [3.63, 3.8) is 0 Å². The first-order valence-corrected chi connectivity index (χ1v) is 8.08. The SMILES string of the molecule is Cc1c(N2CCC(NC(=O)C(C)C)CC2)cc(C#N)cc1[N+](=O)[O-]. The molecule has 1 aromatic carbocycles. The summed E-state index contributed by atoms with van der Waals surface area (Å²) in [6.07, 6.45) is 1.56. The van der Waals surface area contributed by atoms with Crippen molar-refractivity contribution in [2.75, 3.05) is 18.0 Å². The molecular weight excluding hydrogens is 308 g/mol. The van der Waals surface area contributed by atoms with E-state index in [1.165, 1.54) is 6.07 Å². The van der Waals surface area contributed by atoms with E-state index in [9.17, 15) is 14.9 Å². The molecule has 1 aliphatic heterocycles. The highest BCUT2D eigenvalue weighted by Gasteiger charge is 2.25. The smallest absolute Gasteiger partial charge is 0.275 e. The molecule has 0 atom stereocenters. The molecule has 1 amide bonds. The van der Waals surface area contributed by atoms with Gasteiger partial charge in [0.05, 0.1) is 22.1 Å². The topological polar surface area (TPSA) is 99.3 Å². The molecule has 1 aliphatic rings. The van der Waals surface area contributed by atoms with E-state index in [-0.39, 0.29) is 29.1 Å². The summed E-state index contributed by atoms with van der Waals surface area (Å²) < 4.78 is 0. The molecule has 1 aromatic rings. The maximum atomic E-state index is 11.8. The molecule has 7 nitrogen and oxygen atoms in total. The van der Waals surface area contributed by atoms with E-state index in [0.29, 0.717) is 18.7 Å². The fourth-order valence-electron chi connectivity index (χ4n) is 2.90. The van der Waals surface area contributed by atoms with Crippen LogP contribution >= 0.6 is 0 Å². The van der Waals surface area contributed by atoms with Crippen LogP contribution in [0.5, 0.6) is 0 Å². The molecule has 1 fully saturated rings. The van der Waals surface area contributed by atoms with Crippen molar-refractivity contribution in [1.29, 1.82) is 5.26 Å². The van der Waals surface area contributed by atoms with Gasteiger partial charge in [0, 0.05) is 36.8 Å². The third kappa shape index (κ3) is 3.82. The number of nitro groups is 1. The second kappa shape index (κ2) is 7.30. The molecule has 1 heterocycles. The molecule has 128 valence electrons. The molecule has 0 saturated carbocycles. The number of hydrogen-bond donors (Lipinski definition) is 1. The van der Waals surface area contributed by atoms with Crippen molar-refractivity contribution in [3.05, 3.63) is 33.4 Å². The zero-order valence-electron chi connectivity index (χ0n) is 14.2. The van der Waals surface area contributed by atoms with Crippen molar-refractivity contribution >= 4 is 17.3 Å². The Labute approximate surface area is 141 Å². The Morgan fingerprint density at radius 1 is 1.42 bits per heavy atom. The number of benzene rings is 1. The highest BCUT2D eigenvalue weighted by Crippen LogP contribution is 2.32. The third-order valence-corrected chi connectivity index (χ3v) is 4.39. The normalized spacial score (nSPS) is 15.2. The zero-order chi connectivity index (χ0) is 17.9. The minimum Gasteiger partial charge on any atom is -0.371 e. The standard InChI is InChI=1S/C17H22N4O3/c1-11(2)17(22)19-14-4-6-20(7-5-14)15-8-13(10-18)9-16(12(15)3)21(23)24/h8-9,11,14H,4-7H2,1-3H3,(H,19,22). The lowest BCUT2D eigenvalue weighted by atomic mass is 10.0. The van der Waals surface area contributed by atoms with Gasteiger partial charge in [0.1, 0.15) is 0 Å². The van der Waals surface area contributed by atoms with Gasteiger partial charge in [-0.25, -0.2) is 0 Å². The van der Waals surface area contributed by atoms with Gasteiger partial charge in [-0.15, -0.1) is 0 Å². The van der Waals surface area contributed by atoms with Gasteiger partial charge in [-0.1, -0.05) is 13.8 Å². The van der Waals surface area contributed by atoms with Crippen LogP contribution < -0.4 is 10.2 Å². The van der Waals surface area contributed by atoms with Gasteiger partial charge < -0.3 is 10.2 Å². The molecule has 7 heteroatoms. The average Bonchev–Trinajstić information content (AvgIpc) is 2.55. The number of nitrogens with one attached hydrogen (secondary N) is 1. The molecule has 1 N–H and O–H groups in total. The highest BCUT2D eigenvalue weighted by molar-refractivity contribution is 5.78. The lowest BCUT2D eigenvalue weighted by Gasteiger charge is -2.35. The number of nitrogens with zero attached hydrogens (tertiary/aromatic N) is 3.